The van der Waals surface area contributed by atoms with Gasteiger partial charge in [-0.2, -0.15) is 5.10 Å². The summed E-state index contributed by atoms with van der Waals surface area (Å²) in [5, 5.41) is 9.67. The van der Waals surface area contributed by atoms with Crippen LogP contribution in [0.5, 0.6) is 0 Å². The van der Waals surface area contributed by atoms with Gasteiger partial charge in [0.05, 0.1) is 17.9 Å². The van der Waals surface area contributed by atoms with E-state index in [2.05, 4.69) is 15.7 Å². The molecule has 138 valence electrons. The zero-order valence-electron chi connectivity index (χ0n) is 15.0. The van der Waals surface area contributed by atoms with Crippen molar-refractivity contribution in [2.45, 2.75) is 13.8 Å². The zero-order valence-corrected chi connectivity index (χ0v) is 15.0. The van der Waals surface area contributed by atoms with Crippen molar-refractivity contribution in [2.75, 3.05) is 11.9 Å². The molecule has 0 saturated heterocycles. The molecular weight excluding hydrogens is 347 g/mol. The molecule has 2 aromatic carbocycles. The van der Waals surface area contributed by atoms with Gasteiger partial charge in [-0.1, -0.05) is 6.07 Å². The number of benzene rings is 2. The van der Waals surface area contributed by atoms with E-state index in [1.807, 2.05) is 32.0 Å². The molecule has 0 fully saturated rings. The third-order valence-corrected chi connectivity index (χ3v) is 3.90. The number of hydrogen-bond donors (Lipinski definition) is 2. The topological polar surface area (TPSA) is 76.0 Å². The largest absolute Gasteiger partial charge is 0.343 e. The van der Waals surface area contributed by atoms with E-state index in [-0.39, 0.29) is 18.0 Å². The van der Waals surface area contributed by atoms with Crippen LogP contribution in [0.1, 0.15) is 21.7 Å². The minimum atomic E-state index is -0.443. The highest BCUT2D eigenvalue weighted by atomic mass is 19.1. The van der Waals surface area contributed by atoms with Gasteiger partial charge in [0.2, 0.25) is 5.91 Å². The first-order valence-electron chi connectivity index (χ1n) is 8.40. The van der Waals surface area contributed by atoms with Gasteiger partial charge in [0.1, 0.15) is 5.82 Å². The Balaban J connectivity index is 1.61. The van der Waals surface area contributed by atoms with E-state index >= 15 is 0 Å². The fourth-order valence-electron chi connectivity index (χ4n) is 2.67. The van der Waals surface area contributed by atoms with E-state index in [1.54, 1.807) is 16.8 Å². The number of amides is 2. The predicted octanol–water partition coefficient (Wildman–Crippen LogP) is 3.00. The number of hydrogen-bond acceptors (Lipinski definition) is 3. The molecule has 0 aliphatic rings. The van der Waals surface area contributed by atoms with Crippen LogP contribution in [-0.2, 0) is 4.79 Å². The molecular formula is C20H19FN4O2. The third-order valence-electron chi connectivity index (χ3n) is 3.90. The lowest BCUT2D eigenvalue weighted by Gasteiger charge is -2.10. The molecule has 0 radical (unpaired) electrons. The number of aromatic nitrogens is 2. The molecule has 3 aromatic rings. The molecule has 3 rings (SSSR count). The standard InChI is InChI=1S/C20H19FN4O2/c1-13-10-14(2)25(24-13)18-5-3-4-17(11-18)23-19(26)12-22-20(27)15-6-8-16(21)9-7-15/h3-11H,12H2,1-2H3,(H,22,27)(H,23,26). The van der Waals surface area contributed by atoms with Gasteiger partial charge in [-0.15, -0.1) is 0 Å². The molecule has 2 amide bonds. The Morgan fingerprint density at radius 2 is 1.81 bits per heavy atom. The molecule has 0 unspecified atom stereocenters. The molecule has 1 aromatic heterocycles. The maximum absolute atomic E-state index is 12.9. The summed E-state index contributed by atoms with van der Waals surface area (Å²) in [6.45, 7) is 3.68. The molecule has 0 spiro atoms. The summed E-state index contributed by atoms with van der Waals surface area (Å²) >= 11 is 0. The van der Waals surface area contributed by atoms with E-state index in [1.165, 1.54) is 24.3 Å². The number of nitrogens with zero attached hydrogens (tertiary/aromatic N) is 2. The summed E-state index contributed by atoms with van der Waals surface area (Å²) in [7, 11) is 0. The van der Waals surface area contributed by atoms with Gasteiger partial charge >= 0.3 is 0 Å². The van der Waals surface area contributed by atoms with E-state index in [9.17, 15) is 14.0 Å². The van der Waals surface area contributed by atoms with Crippen LogP contribution in [0.2, 0.25) is 0 Å². The number of carbonyl (C=O) groups is 2. The average Bonchev–Trinajstić information content (AvgIpc) is 2.99. The van der Waals surface area contributed by atoms with Crippen LogP contribution in [0, 0.1) is 19.7 Å². The maximum atomic E-state index is 12.9. The van der Waals surface area contributed by atoms with Crippen LogP contribution in [0.15, 0.2) is 54.6 Å². The van der Waals surface area contributed by atoms with E-state index < -0.39 is 11.7 Å². The molecule has 0 bridgehead atoms. The van der Waals surface area contributed by atoms with Gasteiger partial charge in [0.25, 0.3) is 5.91 Å². The third kappa shape index (κ3) is 4.58. The van der Waals surface area contributed by atoms with Crippen molar-refractivity contribution >= 4 is 17.5 Å². The van der Waals surface area contributed by atoms with Crippen LogP contribution < -0.4 is 10.6 Å². The first-order valence-corrected chi connectivity index (χ1v) is 8.40. The lowest BCUT2D eigenvalue weighted by molar-refractivity contribution is -0.115. The SMILES string of the molecule is Cc1cc(C)n(-c2cccc(NC(=O)CNC(=O)c3ccc(F)cc3)c2)n1. The first kappa shape index (κ1) is 18.3. The number of nitrogens with one attached hydrogen (secondary N) is 2. The van der Waals surface area contributed by atoms with Crippen molar-refractivity contribution in [3.8, 4) is 5.69 Å². The lowest BCUT2D eigenvalue weighted by Crippen LogP contribution is -2.32. The van der Waals surface area contributed by atoms with Crippen LogP contribution in [0.25, 0.3) is 5.69 Å². The zero-order chi connectivity index (χ0) is 19.4. The second-order valence-electron chi connectivity index (χ2n) is 6.13. The van der Waals surface area contributed by atoms with Crippen molar-refractivity contribution in [1.29, 1.82) is 0 Å². The number of rotatable bonds is 5. The minimum absolute atomic E-state index is 0.194. The van der Waals surface area contributed by atoms with Crippen LogP contribution >= 0.6 is 0 Å². The van der Waals surface area contributed by atoms with Crippen molar-refractivity contribution < 1.29 is 14.0 Å². The van der Waals surface area contributed by atoms with E-state index in [4.69, 9.17) is 0 Å². The number of carbonyl (C=O) groups excluding carboxylic acids is 2. The molecule has 6 nitrogen and oxygen atoms in total. The quantitative estimate of drug-likeness (QED) is 0.729. The molecule has 0 saturated carbocycles. The summed E-state index contributed by atoms with van der Waals surface area (Å²) in [4.78, 5) is 24.1. The monoisotopic (exact) mass is 366 g/mol. The van der Waals surface area contributed by atoms with Gasteiger partial charge in [-0.3, -0.25) is 9.59 Å². The highest BCUT2D eigenvalue weighted by Gasteiger charge is 2.10. The first-order chi connectivity index (χ1) is 12.9. The molecule has 0 aliphatic carbocycles. The van der Waals surface area contributed by atoms with Crippen LogP contribution in [0.3, 0.4) is 0 Å². The van der Waals surface area contributed by atoms with Crippen molar-refractivity contribution in [3.05, 3.63) is 77.4 Å². The Hall–Kier alpha value is -3.48. The van der Waals surface area contributed by atoms with Gasteiger partial charge in [0, 0.05) is 16.9 Å². The summed E-state index contributed by atoms with van der Waals surface area (Å²) < 4.78 is 14.7. The Morgan fingerprint density at radius 3 is 2.48 bits per heavy atom. The Kier molecular flexibility index (Phi) is 5.30. The lowest BCUT2D eigenvalue weighted by atomic mass is 10.2. The van der Waals surface area contributed by atoms with Gasteiger partial charge < -0.3 is 10.6 Å². The highest BCUT2D eigenvalue weighted by Crippen LogP contribution is 2.16. The van der Waals surface area contributed by atoms with Gasteiger partial charge in [-0.25, -0.2) is 9.07 Å². The van der Waals surface area contributed by atoms with Crippen molar-refractivity contribution in [3.63, 3.8) is 0 Å². The summed E-state index contributed by atoms with van der Waals surface area (Å²) in [5.74, 6) is -1.23. The number of aryl methyl sites for hydroxylation is 2. The Bertz CT molecular complexity index is 980. The predicted molar refractivity (Wildman–Crippen MR) is 100 cm³/mol. The molecule has 0 atom stereocenters. The maximum Gasteiger partial charge on any atom is 0.251 e. The van der Waals surface area contributed by atoms with Gasteiger partial charge in [0.15, 0.2) is 0 Å². The molecule has 7 heteroatoms. The minimum Gasteiger partial charge on any atom is -0.343 e. The second kappa shape index (κ2) is 7.82. The van der Waals surface area contributed by atoms with Crippen LogP contribution in [-0.4, -0.2) is 28.1 Å². The fourth-order valence-corrected chi connectivity index (χ4v) is 2.67. The normalized spacial score (nSPS) is 10.5. The Labute approximate surface area is 156 Å². The number of halogens is 1. The number of anilines is 1. The molecule has 2 N–H and O–H groups in total. The fraction of sp³-hybridized carbons (Fsp3) is 0.150. The van der Waals surface area contributed by atoms with Gasteiger partial charge in [-0.05, 0) is 62.4 Å². The summed E-state index contributed by atoms with van der Waals surface area (Å²) in [6, 6.07) is 14.4. The molecule has 27 heavy (non-hydrogen) atoms. The average molecular weight is 366 g/mol. The smallest absolute Gasteiger partial charge is 0.251 e. The van der Waals surface area contributed by atoms with E-state index in [0.29, 0.717) is 5.69 Å². The van der Waals surface area contributed by atoms with Crippen LogP contribution in [0.4, 0.5) is 10.1 Å². The molecule has 0 aliphatic heterocycles. The van der Waals surface area contributed by atoms with Crippen molar-refractivity contribution in [2.24, 2.45) is 0 Å². The second-order valence-corrected chi connectivity index (χ2v) is 6.13. The Morgan fingerprint density at radius 1 is 1.07 bits per heavy atom. The molecule has 1 heterocycles. The summed E-state index contributed by atoms with van der Waals surface area (Å²) in [6.07, 6.45) is 0. The summed E-state index contributed by atoms with van der Waals surface area (Å²) in [5.41, 5.74) is 3.61. The van der Waals surface area contributed by atoms with E-state index in [0.717, 1.165) is 17.1 Å². The van der Waals surface area contributed by atoms with Crippen molar-refractivity contribution in [1.82, 2.24) is 15.1 Å². The highest BCUT2D eigenvalue weighted by molar-refractivity contribution is 5.99.